The van der Waals surface area contributed by atoms with Crippen LogP contribution in [-0.4, -0.2) is 39.7 Å². The number of rotatable bonds is 5. The highest BCUT2D eigenvalue weighted by atomic mass is 32.2. The van der Waals surface area contributed by atoms with E-state index >= 15 is 0 Å². The molecule has 5 heteroatoms. The summed E-state index contributed by atoms with van der Waals surface area (Å²) in [4.78, 5) is 18.5. The fourth-order valence-electron chi connectivity index (χ4n) is 2.74. The van der Waals surface area contributed by atoms with Crippen molar-refractivity contribution in [3.05, 3.63) is 66.4 Å². The van der Waals surface area contributed by atoms with Gasteiger partial charge in [0.15, 0.2) is 5.16 Å². The largest absolute Gasteiger partial charge is 0.348 e. The highest BCUT2D eigenvalue weighted by Crippen LogP contribution is 2.32. The third-order valence-corrected chi connectivity index (χ3v) is 5.22. The maximum absolute atomic E-state index is 12.3. The SMILES string of the molecule is Cc1ccc(-c2cnc(SC(C)C(=O)N(C)C)n2-c2ccccc2)cc1. The molecule has 26 heavy (non-hydrogen) atoms. The second-order valence-electron chi connectivity index (χ2n) is 6.46. The molecular formula is C21H23N3OS. The molecule has 0 aliphatic carbocycles. The number of aryl methyl sites for hydroxylation is 1. The monoisotopic (exact) mass is 365 g/mol. The number of carbonyl (C=O) groups excluding carboxylic acids is 1. The Bertz CT molecular complexity index is 885. The quantitative estimate of drug-likeness (QED) is 0.628. The summed E-state index contributed by atoms with van der Waals surface area (Å²) in [7, 11) is 3.56. The molecule has 0 radical (unpaired) electrons. The minimum atomic E-state index is -0.208. The van der Waals surface area contributed by atoms with E-state index in [0.717, 1.165) is 22.1 Å². The molecular weight excluding hydrogens is 342 g/mol. The molecule has 4 nitrogen and oxygen atoms in total. The Kier molecular flexibility index (Phi) is 5.47. The minimum absolute atomic E-state index is 0.0782. The van der Waals surface area contributed by atoms with E-state index in [1.54, 1.807) is 19.0 Å². The average Bonchev–Trinajstić information content (AvgIpc) is 3.05. The van der Waals surface area contributed by atoms with Gasteiger partial charge in [0.1, 0.15) is 0 Å². The second-order valence-corrected chi connectivity index (χ2v) is 7.76. The Labute approximate surface area is 158 Å². The molecule has 0 saturated heterocycles. The zero-order valence-electron chi connectivity index (χ0n) is 15.5. The Morgan fingerprint density at radius 3 is 2.35 bits per heavy atom. The predicted molar refractivity (Wildman–Crippen MR) is 108 cm³/mol. The maximum atomic E-state index is 12.3. The highest BCUT2D eigenvalue weighted by molar-refractivity contribution is 8.00. The van der Waals surface area contributed by atoms with Gasteiger partial charge in [-0.15, -0.1) is 0 Å². The minimum Gasteiger partial charge on any atom is -0.348 e. The van der Waals surface area contributed by atoms with Gasteiger partial charge in [-0.2, -0.15) is 0 Å². The van der Waals surface area contributed by atoms with Gasteiger partial charge < -0.3 is 4.90 Å². The molecule has 0 fully saturated rings. The van der Waals surface area contributed by atoms with Crippen molar-refractivity contribution >= 4 is 17.7 Å². The molecule has 0 bridgehead atoms. The van der Waals surface area contributed by atoms with E-state index in [1.807, 2.05) is 31.3 Å². The average molecular weight is 366 g/mol. The standard InChI is InChI=1S/C21H23N3OS/c1-15-10-12-17(13-11-15)19-14-22-21(26-16(2)20(25)23(3)4)24(19)18-8-6-5-7-9-18/h5-14,16H,1-4H3. The highest BCUT2D eigenvalue weighted by Gasteiger charge is 2.21. The normalized spacial score (nSPS) is 12.0. The Balaban J connectivity index is 2.05. The van der Waals surface area contributed by atoms with E-state index < -0.39 is 0 Å². The molecule has 0 aliphatic heterocycles. The number of thioether (sulfide) groups is 1. The van der Waals surface area contributed by atoms with Crippen LogP contribution < -0.4 is 0 Å². The molecule has 0 aliphatic rings. The number of amides is 1. The predicted octanol–water partition coefficient (Wildman–Crippen LogP) is 4.42. The number of benzene rings is 2. The zero-order valence-corrected chi connectivity index (χ0v) is 16.3. The molecule has 1 atom stereocenters. The lowest BCUT2D eigenvalue weighted by molar-refractivity contribution is -0.127. The first-order valence-corrected chi connectivity index (χ1v) is 9.43. The van der Waals surface area contributed by atoms with Crippen LogP contribution in [0.2, 0.25) is 0 Å². The molecule has 1 aromatic heterocycles. The van der Waals surface area contributed by atoms with Crippen molar-refractivity contribution in [3.63, 3.8) is 0 Å². The summed E-state index contributed by atoms with van der Waals surface area (Å²) in [6, 6.07) is 18.5. The summed E-state index contributed by atoms with van der Waals surface area (Å²) in [5.74, 6) is 0.0782. The van der Waals surface area contributed by atoms with E-state index in [9.17, 15) is 4.79 Å². The third-order valence-electron chi connectivity index (χ3n) is 4.16. The molecule has 2 aromatic carbocycles. The molecule has 1 unspecified atom stereocenters. The summed E-state index contributed by atoms with van der Waals surface area (Å²) in [5.41, 5.74) is 4.38. The summed E-state index contributed by atoms with van der Waals surface area (Å²) < 4.78 is 2.12. The first kappa shape index (κ1) is 18.3. The zero-order chi connectivity index (χ0) is 18.7. The number of para-hydroxylation sites is 1. The van der Waals surface area contributed by atoms with E-state index in [2.05, 4.69) is 52.9 Å². The van der Waals surface area contributed by atoms with Gasteiger partial charge in [0, 0.05) is 25.3 Å². The van der Waals surface area contributed by atoms with E-state index in [4.69, 9.17) is 0 Å². The van der Waals surface area contributed by atoms with Gasteiger partial charge in [0.05, 0.1) is 17.1 Å². The molecule has 1 amide bonds. The van der Waals surface area contributed by atoms with Crippen LogP contribution in [0.15, 0.2) is 66.0 Å². The summed E-state index contributed by atoms with van der Waals surface area (Å²) in [5, 5.41) is 0.607. The van der Waals surface area contributed by atoms with Crippen LogP contribution >= 0.6 is 11.8 Å². The molecule has 1 heterocycles. The van der Waals surface area contributed by atoms with Gasteiger partial charge in [0.2, 0.25) is 5.91 Å². The molecule has 0 N–H and O–H groups in total. The lowest BCUT2D eigenvalue weighted by atomic mass is 10.1. The number of nitrogens with zero attached hydrogens (tertiary/aromatic N) is 3. The molecule has 0 saturated carbocycles. The van der Waals surface area contributed by atoms with Crippen molar-refractivity contribution in [1.29, 1.82) is 0 Å². The van der Waals surface area contributed by atoms with Crippen LogP contribution in [0.25, 0.3) is 16.9 Å². The van der Waals surface area contributed by atoms with Crippen molar-refractivity contribution in [2.24, 2.45) is 0 Å². The topological polar surface area (TPSA) is 38.1 Å². The van der Waals surface area contributed by atoms with Crippen LogP contribution in [0, 0.1) is 6.92 Å². The number of imidazole rings is 1. The van der Waals surface area contributed by atoms with E-state index in [1.165, 1.54) is 17.3 Å². The molecule has 0 spiro atoms. The third kappa shape index (κ3) is 3.83. The van der Waals surface area contributed by atoms with Gasteiger partial charge in [-0.05, 0) is 26.0 Å². The Morgan fingerprint density at radius 1 is 1.08 bits per heavy atom. The second kappa shape index (κ2) is 7.79. The molecule has 3 aromatic rings. The number of hydrogen-bond acceptors (Lipinski definition) is 3. The molecule has 134 valence electrons. The van der Waals surface area contributed by atoms with Gasteiger partial charge in [-0.25, -0.2) is 4.98 Å². The van der Waals surface area contributed by atoms with Crippen LogP contribution in [0.5, 0.6) is 0 Å². The van der Waals surface area contributed by atoms with Crippen molar-refractivity contribution in [2.75, 3.05) is 14.1 Å². The maximum Gasteiger partial charge on any atom is 0.235 e. The first-order chi connectivity index (χ1) is 12.5. The summed E-state index contributed by atoms with van der Waals surface area (Å²) in [6.07, 6.45) is 1.88. The van der Waals surface area contributed by atoms with Gasteiger partial charge in [-0.3, -0.25) is 9.36 Å². The molecule has 3 rings (SSSR count). The van der Waals surface area contributed by atoms with Crippen LogP contribution in [0.1, 0.15) is 12.5 Å². The smallest absolute Gasteiger partial charge is 0.235 e. The van der Waals surface area contributed by atoms with Crippen LogP contribution in [-0.2, 0) is 4.79 Å². The lowest BCUT2D eigenvalue weighted by Crippen LogP contribution is -2.29. The Hall–Kier alpha value is -2.53. The van der Waals surface area contributed by atoms with Crippen molar-refractivity contribution in [2.45, 2.75) is 24.3 Å². The number of carbonyl (C=O) groups is 1. The Morgan fingerprint density at radius 2 is 1.73 bits per heavy atom. The number of hydrogen-bond donors (Lipinski definition) is 0. The fourth-order valence-corrected chi connectivity index (χ4v) is 3.80. The lowest BCUT2D eigenvalue weighted by Gasteiger charge is -2.17. The number of aromatic nitrogens is 2. The van der Waals surface area contributed by atoms with Crippen LogP contribution in [0.4, 0.5) is 0 Å². The van der Waals surface area contributed by atoms with Crippen molar-refractivity contribution < 1.29 is 4.79 Å². The first-order valence-electron chi connectivity index (χ1n) is 8.55. The van der Waals surface area contributed by atoms with E-state index in [-0.39, 0.29) is 11.2 Å². The van der Waals surface area contributed by atoms with Crippen molar-refractivity contribution in [1.82, 2.24) is 14.5 Å². The fraction of sp³-hybridized carbons (Fsp3) is 0.238. The van der Waals surface area contributed by atoms with Gasteiger partial charge >= 0.3 is 0 Å². The van der Waals surface area contributed by atoms with Crippen molar-refractivity contribution in [3.8, 4) is 16.9 Å². The van der Waals surface area contributed by atoms with Gasteiger partial charge in [0.25, 0.3) is 0 Å². The summed E-state index contributed by atoms with van der Waals surface area (Å²) >= 11 is 1.48. The van der Waals surface area contributed by atoms with E-state index in [0.29, 0.717) is 0 Å². The van der Waals surface area contributed by atoms with Crippen LogP contribution in [0.3, 0.4) is 0 Å². The summed E-state index contributed by atoms with van der Waals surface area (Å²) in [6.45, 7) is 4.00. The van der Waals surface area contributed by atoms with Gasteiger partial charge in [-0.1, -0.05) is 59.8 Å².